The molecule has 1 aliphatic heterocycles. The van der Waals surface area contributed by atoms with Gasteiger partial charge in [0.15, 0.2) is 6.29 Å². The minimum Gasteiger partial charge on any atom is -0.508 e. The molecular formula is C40H47N3O8. The molecule has 0 spiro atoms. The van der Waals surface area contributed by atoms with Crippen molar-refractivity contribution >= 4 is 11.8 Å². The van der Waals surface area contributed by atoms with Gasteiger partial charge in [0, 0.05) is 44.5 Å². The van der Waals surface area contributed by atoms with Crippen LogP contribution in [0, 0.1) is 0 Å². The molecule has 4 aromatic rings. The number of aliphatic hydroxyl groups excluding tert-OH is 2. The maximum atomic E-state index is 12.3. The van der Waals surface area contributed by atoms with Crippen LogP contribution in [0.4, 0.5) is 0 Å². The first kappa shape index (κ1) is 37.6. The van der Waals surface area contributed by atoms with E-state index in [2.05, 4.69) is 5.32 Å². The fraction of sp³-hybridized carbons (Fsp3) is 0.350. The van der Waals surface area contributed by atoms with Gasteiger partial charge in [0.05, 0.1) is 24.9 Å². The molecule has 0 aliphatic carbocycles. The number of unbranched alkanes of at least 4 members (excludes halogenated alkanes) is 1. The first-order valence-corrected chi connectivity index (χ1v) is 17.3. The molecule has 0 radical (unpaired) electrons. The summed E-state index contributed by atoms with van der Waals surface area (Å²) < 4.78 is 13.0. The lowest BCUT2D eigenvalue weighted by molar-refractivity contribution is -0.252. The van der Waals surface area contributed by atoms with E-state index in [0.29, 0.717) is 50.9 Å². The number of phenolic OH excluding ortho intramolecular Hbond substituents is 1. The van der Waals surface area contributed by atoms with E-state index in [9.17, 15) is 24.9 Å². The Morgan fingerprint density at radius 2 is 1.55 bits per heavy atom. The first-order chi connectivity index (χ1) is 24.7. The third kappa shape index (κ3) is 11.2. The molecule has 2 amide bonds. The monoisotopic (exact) mass is 697 g/mol. The Morgan fingerprint density at radius 1 is 0.843 bits per heavy atom. The summed E-state index contributed by atoms with van der Waals surface area (Å²) in [5.41, 5.74) is 7.87. The molecule has 1 heterocycles. The Morgan fingerprint density at radius 3 is 2.25 bits per heavy atom. The highest BCUT2D eigenvalue weighted by Gasteiger charge is 2.33. The number of amides is 2. The van der Waals surface area contributed by atoms with Gasteiger partial charge >= 0.3 is 0 Å². The number of aromatic hydroxyl groups is 1. The van der Waals surface area contributed by atoms with Crippen molar-refractivity contribution in [3.63, 3.8) is 0 Å². The molecule has 5 rings (SSSR count). The summed E-state index contributed by atoms with van der Waals surface area (Å²) in [5, 5.41) is 41.7. The largest absolute Gasteiger partial charge is 0.508 e. The predicted molar refractivity (Wildman–Crippen MR) is 191 cm³/mol. The molecule has 1 fully saturated rings. The number of benzene rings is 4. The first-order valence-electron chi connectivity index (χ1n) is 17.3. The normalized spacial score (nSPS) is 17.9. The summed E-state index contributed by atoms with van der Waals surface area (Å²) in [6, 6.07) is 30.4. The maximum Gasteiger partial charge on any atom is 0.243 e. The average Bonchev–Trinajstić information content (AvgIpc) is 3.15. The van der Waals surface area contributed by atoms with Gasteiger partial charge in [0.25, 0.3) is 0 Å². The van der Waals surface area contributed by atoms with E-state index in [-0.39, 0.29) is 36.9 Å². The highest BCUT2D eigenvalue weighted by Crippen LogP contribution is 2.39. The number of hydroxylamine groups is 1. The number of likely N-dealkylation sites (N-methyl/N-ethyl adjacent to an activating group) is 1. The number of hydrogen-bond acceptors (Lipinski definition) is 9. The van der Waals surface area contributed by atoms with Crippen LogP contribution in [0.15, 0.2) is 97.1 Å². The minimum absolute atomic E-state index is 0.0363. The summed E-state index contributed by atoms with van der Waals surface area (Å²) >= 11 is 0. The van der Waals surface area contributed by atoms with E-state index >= 15 is 0 Å². The number of rotatable bonds is 16. The molecule has 1 saturated heterocycles. The number of hydrogen-bond donors (Lipinski definition) is 6. The van der Waals surface area contributed by atoms with Crippen molar-refractivity contribution in [3.05, 3.63) is 125 Å². The van der Waals surface area contributed by atoms with Crippen LogP contribution in [-0.4, -0.2) is 63.5 Å². The van der Waals surface area contributed by atoms with Gasteiger partial charge in [-0.15, -0.1) is 0 Å². The van der Waals surface area contributed by atoms with Crippen LogP contribution in [0.5, 0.6) is 5.75 Å². The van der Waals surface area contributed by atoms with Crippen LogP contribution in [0.2, 0.25) is 0 Å². The van der Waals surface area contributed by atoms with Crippen LogP contribution in [0.3, 0.4) is 0 Å². The number of nitrogens with zero attached hydrogens (tertiary/aromatic N) is 1. The Labute approximate surface area is 298 Å². The maximum absolute atomic E-state index is 12.3. The van der Waals surface area contributed by atoms with Gasteiger partial charge in [-0.2, -0.15) is 0 Å². The quantitative estimate of drug-likeness (QED) is 0.0509. The zero-order chi connectivity index (χ0) is 36.2. The third-order valence-electron chi connectivity index (χ3n) is 8.99. The average molecular weight is 698 g/mol. The lowest BCUT2D eigenvalue weighted by Gasteiger charge is -2.38. The van der Waals surface area contributed by atoms with Gasteiger partial charge in [0.1, 0.15) is 5.75 Å². The SMILES string of the molecule is CN(C[C@H]1C[C@@H](c2ccc(CO)cc2)O[C@@H](c2ccc(-c3cccc(CNC(=O)CCCCC(=O)NO)c3)cc2)O1)C[C@@H](O)c1cccc(O)c1. The number of aliphatic hydroxyl groups is 2. The molecule has 6 N–H and O–H groups in total. The van der Waals surface area contributed by atoms with Crippen molar-refractivity contribution in [2.45, 2.75) is 69.9 Å². The van der Waals surface area contributed by atoms with E-state index in [1.165, 1.54) is 0 Å². The molecule has 4 aromatic carbocycles. The highest BCUT2D eigenvalue weighted by atomic mass is 16.7. The number of carbonyl (C=O) groups excluding carboxylic acids is 2. The molecule has 1 aliphatic rings. The standard InChI is InChI=1S/C40H47N3O8/c1-43(25-36(46)33-8-5-9-34(45)21-33)24-35-22-37(30-14-12-27(26-44)13-15-30)51-40(50-35)31-18-16-29(17-19-31)32-7-4-6-28(20-32)23-41-38(47)10-2-3-11-39(48)42-49/h4-9,12-21,35-37,40,44-46,49H,2-3,10-11,22-26H2,1H3,(H,41,47)(H,42,48)/t35-,36-,37+,40+/m1/s1. The summed E-state index contributed by atoms with van der Waals surface area (Å²) in [7, 11) is 1.93. The van der Waals surface area contributed by atoms with Gasteiger partial charge in [-0.25, -0.2) is 5.48 Å². The second-order valence-corrected chi connectivity index (χ2v) is 13.0. The zero-order valence-corrected chi connectivity index (χ0v) is 28.8. The van der Waals surface area contributed by atoms with E-state index < -0.39 is 18.3 Å². The van der Waals surface area contributed by atoms with Gasteiger partial charge in [-0.3, -0.25) is 14.8 Å². The molecule has 0 unspecified atom stereocenters. The second-order valence-electron chi connectivity index (χ2n) is 13.0. The molecular weight excluding hydrogens is 650 g/mol. The zero-order valence-electron chi connectivity index (χ0n) is 28.8. The molecule has 270 valence electrons. The van der Waals surface area contributed by atoms with E-state index in [4.69, 9.17) is 14.7 Å². The van der Waals surface area contributed by atoms with Crippen molar-refractivity contribution in [1.29, 1.82) is 0 Å². The van der Waals surface area contributed by atoms with Crippen molar-refractivity contribution in [2.75, 3.05) is 20.1 Å². The summed E-state index contributed by atoms with van der Waals surface area (Å²) in [4.78, 5) is 25.4. The van der Waals surface area contributed by atoms with Gasteiger partial charge < -0.3 is 35.0 Å². The number of ether oxygens (including phenoxy) is 2. The van der Waals surface area contributed by atoms with E-state index in [0.717, 1.165) is 33.4 Å². The highest BCUT2D eigenvalue weighted by molar-refractivity contribution is 5.76. The summed E-state index contributed by atoms with van der Waals surface area (Å²) in [6.45, 7) is 1.25. The van der Waals surface area contributed by atoms with Gasteiger partial charge in [0.2, 0.25) is 11.8 Å². The molecule has 0 saturated carbocycles. The molecule has 11 nitrogen and oxygen atoms in total. The van der Waals surface area contributed by atoms with Crippen LogP contribution < -0.4 is 10.8 Å². The Hall–Kier alpha value is -4.62. The third-order valence-corrected chi connectivity index (χ3v) is 8.99. The van der Waals surface area contributed by atoms with Crippen molar-refractivity contribution < 1.29 is 39.6 Å². The smallest absolute Gasteiger partial charge is 0.243 e. The Kier molecular flexibility index (Phi) is 13.7. The fourth-order valence-electron chi connectivity index (χ4n) is 6.20. The number of nitrogens with one attached hydrogen (secondary N) is 2. The lowest BCUT2D eigenvalue weighted by Crippen LogP contribution is -2.39. The molecule has 4 atom stereocenters. The molecule has 11 heteroatoms. The van der Waals surface area contributed by atoms with E-state index in [1.54, 1.807) is 29.7 Å². The number of carbonyl (C=O) groups is 2. The predicted octanol–water partition coefficient (Wildman–Crippen LogP) is 5.44. The van der Waals surface area contributed by atoms with Crippen LogP contribution >= 0.6 is 0 Å². The van der Waals surface area contributed by atoms with Crippen molar-refractivity contribution in [1.82, 2.24) is 15.7 Å². The summed E-state index contributed by atoms with van der Waals surface area (Å²) in [6.07, 6.45) is 0.278. The summed E-state index contributed by atoms with van der Waals surface area (Å²) in [5.74, 6) is -0.443. The van der Waals surface area contributed by atoms with Gasteiger partial charge in [-0.05, 0) is 71.5 Å². The van der Waals surface area contributed by atoms with E-state index in [1.807, 2.05) is 84.7 Å². The lowest BCUT2D eigenvalue weighted by atomic mass is 9.98. The number of phenols is 1. The van der Waals surface area contributed by atoms with Crippen LogP contribution in [0.1, 0.15) is 78.4 Å². The second kappa shape index (κ2) is 18.6. The van der Waals surface area contributed by atoms with Crippen molar-refractivity contribution in [3.8, 4) is 16.9 Å². The van der Waals surface area contributed by atoms with Crippen LogP contribution in [0.25, 0.3) is 11.1 Å². The van der Waals surface area contributed by atoms with Crippen molar-refractivity contribution in [2.24, 2.45) is 0 Å². The topological polar surface area (TPSA) is 161 Å². The van der Waals surface area contributed by atoms with Crippen LogP contribution in [-0.2, 0) is 32.2 Å². The molecule has 0 aromatic heterocycles. The molecule has 51 heavy (non-hydrogen) atoms. The minimum atomic E-state index is -0.777. The Balaban J connectivity index is 1.23. The molecule has 0 bridgehead atoms. The fourth-order valence-corrected chi connectivity index (χ4v) is 6.20. The van der Waals surface area contributed by atoms with Gasteiger partial charge in [-0.1, -0.05) is 78.9 Å². The Bertz CT molecular complexity index is 1720.